The highest BCUT2D eigenvalue weighted by molar-refractivity contribution is 6.30. The standard InChI is InChI=1S/C11H14ClN5O2/c1-3-19-8(18)4-5-13-10-7(2)9(12)16-11-14-6-15-17(10)11/h6,13H,3-5H2,1-2H3. The zero-order chi connectivity index (χ0) is 13.8. The number of nitrogens with one attached hydrogen (secondary N) is 1. The van der Waals surface area contributed by atoms with Crippen molar-refractivity contribution < 1.29 is 9.53 Å². The van der Waals surface area contributed by atoms with Gasteiger partial charge < -0.3 is 10.1 Å². The molecule has 0 saturated heterocycles. The minimum Gasteiger partial charge on any atom is -0.466 e. The average Bonchev–Trinajstić information content (AvgIpc) is 2.82. The van der Waals surface area contributed by atoms with Crippen LogP contribution in [-0.2, 0) is 9.53 Å². The van der Waals surface area contributed by atoms with Crippen LogP contribution >= 0.6 is 11.6 Å². The molecule has 1 N–H and O–H groups in total. The van der Waals surface area contributed by atoms with Gasteiger partial charge in [-0.05, 0) is 13.8 Å². The number of esters is 1. The summed E-state index contributed by atoms with van der Waals surface area (Å²) < 4.78 is 6.40. The average molecular weight is 284 g/mol. The Hall–Kier alpha value is -1.89. The van der Waals surface area contributed by atoms with E-state index in [4.69, 9.17) is 16.3 Å². The van der Waals surface area contributed by atoms with Crippen molar-refractivity contribution in [1.29, 1.82) is 0 Å². The smallest absolute Gasteiger partial charge is 0.307 e. The Morgan fingerprint density at radius 2 is 2.37 bits per heavy atom. The normalized spacial score (nSPS) is 10.7. The lowest BCUT2D eigenvalue weighted by Crippen LogP contribution is -2.14. The Morgan fingerprint density at radius 1 is 1.58 bits per heavy atom. The van der Waals surface area contributed by atoms with Crippen LogP contribution in [0.4, 0.5) is 5.82 Å². The number of ether oxygens (including phenoxy) is 1. The molecule has 0 amide bonds. The molecule has 2 aromatic rings. The quantitative estimate of drug-likeness (QED) is 0.661. The zero-order valence-electron chi connectivity index (χ0n) is 10.7. The molecule has 0 spiro atoms. The molecular formula is C11H14ClN5O2. The van der Waals surface area contributed by atoms with Crippen LogP contribution in [0.15, 0.2) is 6.33 Å². The highest BCUT2D eigenvalue weighted by Crippen LogP contribution is 2.21. The monoisotopic (exact) mass is 283 g/mol. The molecule has 7 nitrogen and oxygen atoms in total. The third-order valence-corrected chi connectivity index (χ3v) is 2.90. The molecule has 0 aromatic carbocycles. The predicted molar refractivity (Wildman–Crippen MR) is 70.3 cm³/mol. The van der Waals surface area contributed by atoms with E-state index in [2.05, 4.69) is 20.4 Å². The van der Waals surface area contributed by atoms with E-state index in [0.29, 0.717) is 29.9 Å². The first-order chi connectivity index (χ1) is 9.13. The first-order valence-corrected chi connectivity index (χ1v) is 6.26. The van der Waals surface area contributed by atoms with Crippen molar-refractivity contribution in [2.45, 2.75) is 20.3 Å². The Labute approximate surface area is 114 Å². The largest absolute Gasteiger partial charge is 0.466 e. The number of halogens is 1. The van der Waals surface area contributed by atoms with Crippen LogP contribution in [0.2, 0.25) is 5.15 Å². The second kappa shape index (κ2) is 5.83. The van der Waals surface area contributed by atoms with Gasteiger partial charge in [-0.3, -0.25) is 4.79 Å². The third kappa shape index (κ3) is 2.93. The Bertz CT molecular complexity index is 598. The second-order valence-corrected chi connectivity index (χ2v) is 4.19. The minimum atomic E-state index is -0.248. The molecule has 0 fully saturated rings. The highest BCUT2D eigenvalue weighted by Gasteiger charge is 2.12. The molecule has 19 heavy (non-hydrogen) atoms. The molecule has 0 aliphatic heterocycles. The summed E-state index contributed by atoms with van der Waals surface area (Å²) in [7, 11) is 0. The van der Waals surface area contributed by atoms with Crippen molar-refractivity contribution in [3.05, 3.63) is 17.0 Å². The SMILES string of the molecule is CCOC(=O)CCNc1c(C)c(Cl)nc2ncnn12. The summed E-state index contributed by atoms with van der Waals surface area (Å²) in [6.45, 7) is 4.40. The number of hydrogen-bond acceptors (Lipinski definition) is 6. The van der Waals surface area contributed by atoms with E-state index in [0.717, 1.165) is 5.56 Å². The van der Waals surface area contributed by atoms with Crippen LogP contribution in [0.25, 0.3) is 5.78 Å². The van der Waals surface area contributed by atoms with Gasteiger partial charge in [0, 0.05) is 12.1 Å². The Morgan fingerprint density at radius 3 is 3.11 bits per heavy atom. The number of nitrogens with zero attached hydrogens (tertiary/aromatic N) is 4. The number of fused-ring (bicyclic) bond motifs is 1. The molecule has 2 heterocycles. The predicted octanol–water partition coefficient (Wildman–Crippen LogP) is 1.45. The summed E-state index contributed by atoms with van der Waals surface area (Å²) in [6.07, 6.45) is 1.66. The molecule has 0 saturated carbocycles. The van der Waals surface area contributed by atoms with Crippen molar-refractivity contribution in [3.8, 4) is 0 Å². The van der Waals surface area contributed by atoms with Crippen molar-refractivity contribution in [2.24, 2.45) is 0 Å². The molecule has 8 heteroatoms. The molecule has 0 bridgehead atoms. The van der Waals surface area contributed by atoms with E-state index >= 15 is 0 Å². The molecular weight excluding hydrogens is 270 g/mol. The van der Waals surface area contributed by atoms with Gasteiger partial charge in [-0.1, -0.05) is 11.6 Å². The van der Waals surface area contributed by atoms with Gasteiger partial charge in [0.2, 0.25) is 0 Å². The molecule has 2 rings (SSSR count). The van der Waals surface area contributed by atoms with Gasteiger partial charge in [0.05, 0.1) is 13.0 Å². The maximum Gasteiger partial charge on any atom is 0.307 e. The van der Waals surface area contributed by atoms with Crippen molar-refractivity contribution in [2.75, 3.05) is 18.5 Å². The number of aromatic nitrogens is 4. The fraction of sp³-hybridized carbons (Fsp3) is 0.455. The van der Waals surface area contributed by atoms with E-state index in [9.17, 15) is 4.79 Å². The van der Waals surface area contributed by atoms with Gasteiger partial charge in [-0.2, -0.15) is 19.6 Å². The Kier molecular flexibility index (Phi) is 4.16. The first kappa shape index (κ1) is 13.5. The van der Waals surface area contributed by atoms with Gasteiger partial charge in [-0.15, -0.1) is 0 Å². The summed E-state index contributed by atoms with van der Waals surface area (Å²) in [5.74, 6) is 0.841. The lowest BCUT2D eigenvalue weighted by molar-refractivity contribution is -0.142. The molecule has 0 aliphatic carbocycles. The van der Waals surface area contributed by atoms with Crippen LogP contribution in [0, 0.1) is 6.92 Å². The molecule has 0 radical (unpaired) electrons. The van der Waals surface area contributed by atoms with Crippen molar-refractivity contribution in [3.63, 3.8) is 0 Å². The van der Waals surface area contributed by atoms with Crippen LogP contribution in [0.3, 0.4) is 0 Å². The number of anilines is 1. The van der Waals surface area contributed by atoms with E-state index < -0.39 is 0 Å². The zero-order valence-corrected chi connectivity index (χ0v) is 11.4. The van der Waals surface area contributed by atoms with Crippen LogP contribution in [0.1, 0.15) is 18.9 Å². The fourth-order valence-electron chi connectivity index (χ4n) is 1.62. The molecule has 0 atom stereocenters. The van der Waals surface area contributed by atoms with Gasteiger partial charge in [0.1, 0.15) is 17.3 Å². The van der Waals surface area contributed by atoms with E-state index in [1.54, 1.807) is 11.4 Å². The van der Waals surface area contributed by atoms with E-state index in [-0.39, 0.29) is 12.4 Å². The van der Waals surface area contributed by atoms with Crippen LogP contribution < -0.4 is 5.32 Å². The maximum absolute atomic E-state index is 11.3. The van der Waals surface area contributed by atoms with Crippen molar-refractivity contribution >= 4 is 29.2 Å². The van der Waals surface area contributed by atoms with Crippen LogP contribution in [-0.4, -0.2) is 38.7 Å². The Balaban J connectivity index is 2.13. The number of carbonyl (C=O) groups excluding carboxylic acids is 1. The molecule has 2 aromatic heterocycles. The van der Waals surface area contributed by atoms with E-state index in [1.165, 1.54) is 6.33 Å². The first-order valence-electron chi connectivity index (χ1n) is 5.88. The summed E-state index contributed by atoms with van der Waals surface area (Å²) >= 11 is 6.02. The topological polar surface area (TPSA) is 81.4 Å². The van der Waals surface area contributed by atoms with Gasteiger partial charge in [0.25, 0.3) is 5.78 Å². The molecule has 0 unspecified atom stereocenters. The minimum absolute atomic E-state index is 0.248. The highest BCUT2D eigenvalue weighted by atomic mass is 35.5. The van der Waals surface area contributed by atoms with Crippen molar-refractivity contribution in [1.82, 2.24) is 19.6 Å². The molecule has 0 aliphatic rings. The summed E-state index contributed by atoms with van der Waals surface area (Å²) in [5.41, 5.74) is 0.753. The maximum atomic E-state index is 11.3. The molecule has 102 valence electrons. The van der Waals surface area contributed by atoms with E-state index in [1.807, 2.05) is 6.92 Å². The summed E-state index contributed by atoms with van der Waals surface area (Å²) in [5, 5.41) is 7.53. The summed E-state index contributed by atoms with van der Waals surface area (Å²) in [4.78, 5) is 19.3. The third-order valence-electron chi connectivity index (χ3n) is 2.53. The second-order valence-electron chi connectivity index (χ2n) is 3.83. The lowest BCUT2D eigenvalue weighted by Gasteiger charge is -2.11. The summed E-state index contributed by atoms with van der Waals surface area (Å²) in [6, 6.07) is 0. The number of rotatable bonds is 5. The number of carbonyl (C=O) groups is 1. The lowest BCUT2D eigenvalue weighted by atomic mass is 10.3. The van der Waals surface area contributed by atoms with Gasteiger partial charge >= 0.3 is 5.97 Å². The number of hydrogen-bond donors (Lipinski definition) is 1. The fourth-order valence-corrected chi connectivity index (χ4v) is 1.79. The van der Waals surface area contributed by atoms with Gasteiger partial charge in [-0.25, -0.2) is 0 Å². The van der Waals surface area contributed by atoms with Gasteiger partial charge in [0.15, 0.2) is 0 Å². The van der Waals surface area contributed by atoms with Crippen LogP contribution in [0.5, 0.6) is 0 Å².